The van der Waals surface area contributed by atoms with E-state index in [1.165, 1.54) is 7.11 Å². The third kappa shape index (κ3) is 4.49. The van der Waals surface area contributed by atoms with E-state index in [1.807, 2.05) is 45.4 Å². The van der Waals surface area contributed by atoms with Crippen LogP contribution < -0.4 is 4.46 Å². The quantitative estimate of drug-likeness (QED) is 0.332. The number of likely N-dealkylation sites (N-methyl/N-ethyl adjacent to an activating group) is 1. The van der Waals surface area contributed by atoms with E-state index in [0.717, 1.165) is 10.0 Å². The van der Waals surface area contributed by atoms with Crippen molar-refractivity contribution in [2.75, 3.05) is 28.3 Å². The maximum absolute atomic E-state index is 13.0. The number of halogens is 1. The fourth-order valence-corrected chi connectivity index (χ4v) is 6.58. The zero-order chi connectivity index (χ0) is 20.3. The van der Waals surface area contributed by atoms with Gasteiger partial charge in [-0.05, 0) is 0 Å². The summed E-state index contributed by atoms with van der Waals surface area (Å²) in [5.41, 5.74) is -0.429. The van der Waals surface area contributed by atoms with Crippen molar-refractivity contribution in [2.45, 2.75) is 17.3 Å². The monoisotopic (exact) mass is 502 g/mol. The van der Waals surface area contributed by atoms with Crippen LogP contribution in [0.2, 0.25) is 5.32 Å². The molecular formula is C20H25BrNO4Se+. The molecule has 0 fully saturated rings. The van der Waals surface area contributed by atoms with Gasteiger partial charge in [-0.15, -0.1) is 0 Å². The number of esters is 1. The molecule has 2 aromatic carbocycles. The summed E-state index contributed by atoms with van der Waals surface area (Å²) in [4.78, 5) is 13.0. The molecule has 27 heavy (non-hydrogen) atoms. The average molecular weight is 502 g/mol. The van der Waals surface area contributed by atoms with Gasteiger partial charge in [0.25, 0.3) is 0 Å². The summed E-state index contributed by atoms with van der Waals surface area (Å²) < 4.78 is 32.3. The molecule has 0 radical (unpaired) electrons. The standard InChI is InChI=1S/C20H25BrNO4Se/c1-22(2,3)20(19(23)26-4,16-9-8-10-17(21)15-16)13-14-27(24,25)18-11-6-5-7-12-18/h5-12,15H,13-14H2,1-4H3/q+1. The molecule has 0 amide bonds. The maximum atomic E-state index is 13.0. The second kappa shape index (κ2) is 8.23. The molecule has 2 aromatic rings. The van der Waals surface area contributed by atoms with E-state index in [2.05, 4.69) is 15.9 Å². The van der Waals surface area contributed by atoms with Gasteiger partial charge in [-0.1, -0.05) is 0 Å². The molecule has 0 bridgehead atoms. The molecule has 0 aromatic heterocycles. The first-order valence-electron chi connectivity index (χ1n) is 8.48. The van der Waals surface area contributed by atoms with E-state index < -0.39 is 24.2 Å². The van der Waals surface area contributed by atoms with Gasteiger partial charge in [0.1, 0.15) is 0 Å². The topological polar surface area (TPSA) is 60.4 Å². The third-order valence-electron chi connectivity index (χ3n) is 4.81. The SMILES string of the molecule is COC(=O)C(CC[Se](=O)(=O)c1ccccc1)(c1cccc(Br)c1)[N+](C)(C)C. The molecule has 2 rings (SSSR count). The van der Waals surface area contributed by atoms with Crippen molar-refractivity contribution in [1.29, 1.82) is 0 Å². The summed E-state index contributed by atoms with van der Waals surface area (Å²) in [5, 5.41) is -0.0996. The minimum atomic E-state index is -4.41. The molecule has 0 spiro atoms. The van der Waals surface area contributed by atoms with Crippen LogP contribution in [-0.4, -0.2) is 51.4 Å². The van der Waals surface area contributed by atoms with Gasteiger partial charge in [0.05, 0.1) is 0 Å². The van der Waals surface area contributed by atoms with E-state index in [0.29, 0.717) is 4.46 Å². The zero-order valence-corrected chi connectivity index (χ0v) is 19.3. The van der Waals surface area contributed by atoms with Crippen LogP contribution in [0.15, 0.2) is 59.1 Å². The molecule has 7 heteroatoms. The van der Waals surface area contributed by atoms with Gasteiger partial charge in [-0.2, -0.15) is 0 Å². The van der Waals surface area contributed by atoms with Crippen LogP contribution in [-0.2, 0) is 22.7 Å². The number of hydrogen-bond donors (Lipinski definition) is 0. The van der Waals surface area contributed by atoms with Crippen LogP contribution in [0.3, 0.4) is 0 Å². The Morgan fingerprint density at radius 2 is 1.70 bits per heavy atom. The van der Waals surface area contributed by atoms with Crippen LogP contribution in [0.4, 0.5) is 0 Å². The third-order valence-corrected chi connectivity index (χ3v) is 8.93. The Morgan fingerprint density at radius 1 is 1.07 bits per heavy atom. The summed E-state index contributed by atoms with van der Waals surface area (Å²) in [6.07, 6.45) is 0.127. The second-order valence-corrected chi connectivity index (χ2v) is 12.6. The summed E-state index contributed by atoms with van der Waals surface area (Å²) in [6, 6.07) is 15.8. The molecule has 0 saturated carbocycles. The molecule has 0 N–H and O–H groups in total. The Hall–Kier alpha value is -1.53. The predicted octanol–water partition coefficient (Wildman–Crippen LogP) is 3.12. The van der Waals surface area contributed by atoms with E-state index in [9.17, 15) is 12.5 Å². The number of benzene rings is 2. The molecular weight excluding hydrogens is 477 g/mol. The predicted molar refractivity (Wildman–Crippen MR) is 108 cm³/mol. The van der Waals surface area contributed by atoms with Gasteiger partial charge in [0, 0.05) is 0 Å². The van der Waals surface area contributed by atoms with E-state index >= 15 is 0 Å². The molecule has 1 unspecified atom stereocenters. The summed E-state index contributed by atoms with van der Waals surface area (Å²) >= 11 is -0.962. The van der Waals surface area contributed by atoms with Crippen LogP contribution >= 0.6 is 15.9 Å². The zero-order valence-electron chi connectivity index (χ0n) is 16.0. The number of hydrogen-bond acceptors (Lipinski definition) is 4. The second-order valence-electron chi connectivity index (χ2n) is 7.26. The van der Waals surface area contributed by atoms with Gasteiger partial charge in [0.2, 0.25) is 0 Å². The van der Waals surface area contributed by atoms with Gasteiger partial charge < -0.3 is 0 Å². The van der Waals surface area contributed by atoms with E-state index in [4.69, 9.17) is 4.74 Å². The Labute approximate surface area is 170 Å². The number of carbonyl (C=O) groups excluding carboxylic acids is 1. The fourth-order valence-electron chi connectivity index (χ4n) is 3.30. The molecule has 146 valence electrons. The van der Waals surface area contributed by atoms with Gasteiger partial charge in [0.15, 0.2) is 0 Å². The van der Waals surface area contributed by atoms with Gasteiger partial charge in [-0.3, -0.25) is 0 Å². The Balaban J connectivity index is 2.55. The molecule has 0 heterocycles. The molecule has 0 aliphatic rings. The van der Waals surface area contributed by atoms with Gasteiger partial charge >= 0.3 is 171 Å². The van der Waals surface area contributed by atoms with Gasteiger partial charge in [-0.25, -0.2) is 0 Å². The Bertz CT molecular complexity index is 907. The van der Waals surface area contributed by atoms with Crippen LogP contribution in [0.1, 0.15) is 12.0 Å². The van der Waals surface area contributed by atoms with Crippen molar-refractivity contribution in [3.63, 3.8) is 0 Å². The summed E-state index contributed by atoms with van der Waals surface area (Å²) in [6.45, 7) is 0. The van der Waals surface area contributed by atoms with E-state index in [1.54, 1.807) is 30.3 Å². The van der Waals surface area contributed by atoms with E-state index in [-0.39, 0.29) is 16.2 Å². The number of rotatable bonds is 7. The number of nitrogens with zero attached hydrogens (tertiary/aromatic N) is 1. The molecule has 1 atom stereocenters. The van der Waals surface area contributed by atoms with Crippen molar-refractivity contribution in [3.05, 3.63) is 64.6 Å². The van der Waals surface area contributed by atoms with Crippen LogP contribution in [0, 0.1) is 0 Å². The first kappa shape index (κ1) is 21.8. The van der Waals surface area contributed by atoms with Crippen molar-refractivity contribution in [2.24, 2.45) is 0 Å². The minimum absolute atomic E-state index is 0.0996. The fraction of sp³-hybridized carbons (Fsp3) is 0.350. The number of methoxy groups -OCH3 is 1. The summed E-state index contributed by atoms with van der Waals surface area (Å²) in [5.74, 6) is -0.450. The van der Waals surface area contributed by atoms with Crippen LogP contribution in [0.5, 0.6) is 0 Å². The van der Waals surface area contributed by atoms with Crippen molar-refractivity contribution in [3.8, 4) is 0 Å². The Kier molecular flexibility index (Phi) is 6.63. The number of carbonyl (C=O) groups is 1. The normalized spacial score (nSPS) is 14.4. The molecule has 0 aliphatic carbocycles. The molecule has 5 nitrogen and oxygen atoms in total. The first-order valence-corrected chi connectivity index (χ1v) is 12.7. The van der Waals surface area contributed by atoms with Crippen molar-refractivity contribution >= 4 is 39.1 Å². The van der Waals surface area contributed by atoms with Crippen LogP contribution in [0.25, 0.3) is 0 Å². The number of quaternary nitrogens is 1. The summed E-state index contributed by atoms with van der Waals surface area (Å²) in [7, 11) is 6.96. The molecule has 0 saturated heterocycles. The molecule has 0 aliphatic heterocycles. The van der Waals surface area contributed by atoms with Crippen molar-refractivity contribution in [1.82, 2.24) is 0 Å². The number of ether oxygens (including phenoxy) is 1. The Morgan fingerprint density at radius 3 is 2.22 bits per heavy atom. The average Bonchev–Trinajstić information content (AvgIpc) is 2.61. The van der Waals surface area contributed by atoms with Crippen molar-refractivity contribution < 1.29 is 21.7 Å². The first-order chi connectivity index (χ1) is 12.5.